The smallest absolute Gasteiger partial charge is 0.381 e. The average Bonchev–Trinajstić information content (AvgIpc) is 3.72. The van der Waals surface area contributed by atoms with Crippen LogP contribution >= 0.6 is 0 Å². The summed E-state index contributed by atoms with van der Waals surface area (Å²) in [5, 5.41) is 15.6. The number of nitrogens with zero attached hydrogens (tertiary/aromatic N) is 1. The third kappa shape index (κ3) is 6.51. The Morgan fingerprint density at radius 1 is 1.14 bits per heavy atom. The largest absolute Gasteiger partial charge is 0.409 e. The van der Waals surface area contributed by atoms with Gasteiger partial charge in [0, 0.05) is 6.54 Å². The number of benzene rings is 2. The molecule has 0 spiro atoms. The lowest BCUT2D eigenvalue weighted by Crippen LogP contribution is -2.45. The van der Waals surface area contributed by atoms with Gasteiger partial charge in [0.05, 0.1) is 11.4 Å². The molecule has 42 heavy (non-hydrogen) atoms. The van der Waals surface area contributed by atoms with Crippen molar-refractivity contribution in [3.8, 4) is 0 Å². The minimum atomic E-state index is -4.68. The highest BCUT2D eigenvalue weighted by Crippen LogP contribution is 2.44. The van der Waals surface area contributed by atoms with Crippen LogP contribution in [0.15, 0.2) is 89.7 Å². The summed E-state index contributed by atoms with van der Waals surface area (Å²) in [6, 6.07) is 8.34. The van der Waals surface area contributed by atoms with Gasteiger partial charge < -0.3 is 16.2 Å². The normalized spacial score (nSPS) is 20.4. The van der Waals surface area contributed by atoms with Crippen LogP contribution in [-0.4, -0.2) is 23.2 Å². The van der Waals surface area contributed by atoms with E-state index in [1.54, 1.807) is 24.3 Å². The Kier molecular flexibility index (Phi) is 8.41. The molecular weight excluding hydrogens is 548 g/mol. The monoisotopic (exact) mass is 582 g/mol. The first-order valence-electron chi connectivity index (χ1n) is 14.0. The van der Waals surface area contributed by atoms with E-state index in [1.165, 1.54) is 12.1 Å². The number of aliphatic hydroxyl groups is 1. The molecule has 0 bridgehead atoms. The lowest BCUT2D eigenvalue weighted by molar-refractivity contribution is -0.142. The second-order valence-electron chi connectivity index (χ2n) is 11.2. The topological polar surface area (TPSA) is 90.6 Å². The van der Waals surface area contributed by atoms with Crippen LogP contribution in [0, 0.1) is 11.7 Å². The van der Waals surface area contributed by atoms with E-state index in [0.717, 1.165) is 47.6 Å². The highest BCUT2D eigenvalue weighted by molar-refractivity contribution is 6.06. The van der Waals surface area contributed by atoms with Crippen molar-refractivity contribution < 1.29 is 27.5 Å². The molecule has 0 saturated heterocycles. The van der Waals surface area contributed by atoms with E-state index in [2.05, 4.69) is 10.7 Å². The predicted octanol–water partition coefficient (Wildman–Crippen LogP) is 6.27. The van der Waals surface area contributed by atoms with Crippen molar-refractivity contribution in [3.05, 3.63) is 107 Å². The first-order chi connectivity index (χ1) is 20.0. The third-order valence-electron chi connectivity index (χ3n) is 7.92. The van der Waals surface area contributed by atoms with Crippen LogP contribution < -0.4 is 21.5 Å². The maximum Gasteiger partial charge on any atom is 0.409 e. The number of allylic oxidation sites excluding steroid dienone is 5. The lowest BCUT2D eigenvalue weighted by Gasteiger charge is -2.33. The number of alkyl halides is 3. The van der Waals surface area contributed by atoms with Gasteiger partial charge in [-0.25, -0.2) is 9.82 Å². The van der Waals surface area contributed by atoms with Crippen LogP contribution in [0.1, 0.15) is 50.2 Å². The second kappa shape index (κ2) is 11.9. The molecule has 1 fully saturated rings. The summed E-state index contributed by atoms with van der Waals surface area (Å²) in [6.07, 6.45) is 7.58. The summed E-state index contributed by atoms with van der Waals surface area (Å²) in [5.41, 5.74) is 9.11. The average molecular weight is 583 g/mol. The number of hydrazine groups is 1. The van der Waals surface area contributed by atoms with E-state index < -0.39 is 29.5 Å². The van der Waals surface area contributed by atoms with Crippen LogP contribution in [0.2, 0.25) is 0 Å². The number of nitrogens with one attached hydrogen (secondary N) is 2. The Labute approximate surface area is 242 Å². The minimum Gasteiger partial charge on any atom is -0.381 e. The molecule has 2 unspecified atom stereocenters. The van der Waals surface area contributed by atoms with Gasteiger partial charge in [-0.3, -0.25) is 9.80 Å². The lowest BCUT2D eigenvalue weighted by atomic mass is 9.79. The van der Waals surface area contributed by atoms with Gasteiger partial charge in [0.1, 0.15) is 23.2 Å². The summed E-state index contributed by atoms with van der Waals surface area (Å²) < 4.78 is 56.2. The molecule has 1 saturated carbocycles. The standard InChI is InChI=1S/C32H34F4N4O2/c1-20-5-2-3-7-23(15-20)31(42,14-13-21-9-10-21)24-11-12-26(33)27(17-24)38-30(41)28-18-29(32(34,35)36)39-40(28)25-8-4-6-22(16-25)19-37/h2-8,11-12,16-18,21,29,39,42H,9-10,13-15,19,37H2,1H3,(H,38,41). The molecule has 222 valence electrons. The van der Waals surface area contributed by atoms with Crippen LogP contribution in [0.5, 0.6) is 0 Å². The molecule has 1 heterocycles. The SMILES string of the molecule is CC1=CC=CC=C(C(O)(CCC2CC2)c2ccc(F)c(NC(=O)C3=CC(C(F)(F)F)NN3c3cccc(CN)c3)c2)C1. The zero-order valence-electron chi connectivity index (χ0n) is 23.2. The number of nitrogens with two attached hydrogens (primary N) is 1. The maximum atomic E-state index is 15.1. The summed E-state index contributed by atoms with van der Waals surface area (Å²) in [4.78, 5) is 13.4. The van der Waals surface area contributed by atoms with Gasteiger partial charge in [-0.1, -0.05) is 60.9 Å². The van der Waals surface area contributed by atoms with Gasteiger partial charge in [-0.05, 0) is 79.1 Å². The fraction of sp³-hybridized carbons (Fsp3) is 0.344. The Morgan fingerprint density at radius 2 is 1.90 bits per heavy atom. The number of anilines is 2. The van der Waals surface area contributed by atoms with Crippen molar-refractivity contribution in [1.29, 1.82) is 0 Å². The van der Waals surface area contributed by atoms with Gasteiger partial charge in [0.2, 0.25) is 0 Å². The molecule has 3 aliphatic rings. The molecule has 0 radical (unpaired) electrons. The number of hydrogen-bond donors (Lipinski definition) is 4. The number of amides is 1. The summed E-state index contributed by atoms with van der Waals surface area (Å²) in [5.74, 6) is -1.19. The van der Waals surface area contributed by atoms with Crippen molar-refractivity contribution >= 4 is 17.3 Å². The molecule has 2 aromatic rings. The quantitative estimate of drug-likeness (QED) is 0.262. The van der Waals surface area contributed by atoms with E-state index in [1.807, 2.05) is 31.2 Å². The Bertz CT molecular complexity index is 1480. The molecule has 6 nitrogen and oxygen atoms in total. The zero-order valence-corrected chi connectivity index (χ0v) is 23.2. The molecule has 2 aliphatic carbocycles. The van der Waals surface area contributed by atoms with E-state index in [9.17, 15) is 23.1 Å². The first kappa shape index (κ1) is 29.8. The molecule has 2 atom stereocenters. The Morgan fingerprint density at radius 3 is 2.62 bits per heavy atom. The number of halogens is 4. The van der Waals surface area contributed by atoms with Crippen LogP contribution in [0.4, 0.5) is 28.9 Å². The first-order valence-corrected chi connectivity index (χ1v) is 14.0. The van der Waals surface area contributed by atoms with Gasteiger partial charge >= 0.3 is 6.18 Å². The second-order valence-corrected chi connectivity index (χ2v) is 11.2. The van der Waals surface area contributed by atoms with Crippen molar-refractivity contribution in [2.24, 2.45) is 11.7 Å². The molecule has 5 rings (SSSR count). The molecule has 1 amide bonds. The van der Waals surface area contributed by atoms with Crippen molar-refractivity contribution in [1.82, 2.24) is 5.43 Å². The van der Waals surface area contributed by atoms with Crippen molar-refractivity contribution in [2.75, 3.05) is 10.3 Å². The molecule has 10 heteroatoms. The van der Waals surface area contributed by atoms with E-state index in [4.69, 9.17) is 5.73 Å². The Hall–Kier alpha value is -3.73. The van der Waals surface area contributed by atoms with Gasteiger partial charge in [0.15, 0.2) is 0 Å². The predicted molar refractivity (Wildman–Crippen MR) is 154 cm³/mol. The zero-order chi connectivity index (χ0) is 30.1. The van der Waals surface area contributed by atoms with Gasteiger partial charge in [-0.2, -0.15) is 13.2 Å². The fourth-order valence-electron chi connectivity index (χ4n) is 5.33. The molecule has 1 aliphatic heterocycles. The fourth-order valence-corrected chi connectivity index (χ4v) is 5.33. The Balaban J connectivity index is 1.47. The summed E-state index contributed by atoms with van der Waals surface area (Å²) >= 11 is 0. The third-order valence-corrected chi connectivity index (χ3v) is 7.92. The summed E-state index contributed by atoms with van der Waals surface area (Å²) in [6.45, 7) is 2.12. The number of rotatable bonds is 9. The number of carbonyl (C=O) groups is 1. The van der Waals surface area contributed by atoms with E-state index in [-0.39, 0.29) is 23.6 Å². The molecule has 2 aromatic carbocycles. The minimum absolute atomic E-state index is 0.152. The van der Waals surface area contributed by atoms with Crippen molar-refractivity contribution in [2.45, 2.75) is 63.4 Å². The van der Waals surface area contributed by atoms with Crippen LogP contribution in [0.3, 0.4) is 0 Å². The van der Waals surface area contributed by atoms with Crippen molar-refractivity contribution in [3.63, 3.8) is 0 Å². The van der Waals surface area contributed by atoms with Crippen LogP contribution in [0.25, 0.3) is 0 Å². The van der Waals surface area contributed by atoms with Gasteiger partial charge in [0.25, 0.3) is 5.91 Å². The van der Waals surface area contributed by atoms with Crippen LogP contribution in [-0.2, 0) is 16.9 Å². The molecule has 0 aromatic heterocycles. The highest BCUT2D eigenvalue weighted by atomic mass is 19.4. The molecular formula is C32H34F4N4O2. The van der Waals surface area contributed by atoms with E-state index >= 15 is 4.39 Å². The van der Waals surface area contributed by atoms with Gasteiger partial charge in [-0.15, -0.1) is 0 Å². The highest BCUT2D eigenvalue weighted by Gasteiger charge is 2.45. The maximum absolute atomic E-state index is 15.1. The number of carbonyl (C=O) groups excluding carboxylic acids is 1. The summed E-state index contributed by atoms with van der Waals surface area (Å²) in [7, 11) is 0. The van der Waals surface area contributed by atoms with E-state index in [0.29, 0.717) is 29.9 Å². The number of hydrogen-bond acceptors (Lipinski definition) is 5. The molecule has 5 N–H and O–H groups in total.